The number of halogens is 1. The summed E-state index contributed by atoms with van der Waals surface area (Å²) in [6, 6.07) is 15.2. The van der Waals surface area contributed by atoms with Gasteiger partial charge in [0.15, 0.2) is 0 Å². The highest BCUT2D eigenvalue weighted by Gasteiger charge is 2.29. The van der Waals surface area contributed by atoms with E-state index in [-0.39, 0.29) is 27.7 Å². The Balaban J connectivity index is 2.16. The monoisotopic (exact) mass is 390 g/mol. The molecular weight excluding hydrogens is 372 g/mol. The van der Waals surface area contributed by atoms with Crippen LogP contribution in [0.2, 0.25) is 5.02 Å². The number of nitrogens with zero attached hydrogens (tertiary/aromatic N) is 1. The van der Waals surface area contributed by atoms with Crippen LogP contribution >= 0.6 is 11.6 Å². The Hall–Kier alpha value is -2.31. The second kappa shape index (κ2) is 7.51. The second-order valence-corrected chi connectivity index (χ2v) is 8.18. The quantitative estimate of drug-likeness (QED) is 0.638. The number of hydrogen-bond acceptors (Lipinski definition) is 5. The summed E-state index contributed by atoms with van der Waals surface area (Å²) in [6.07, 6.45) is 0.799. The van der Waals surface area contributed by atoms with Crippen molar-refractivity contribution in [1.82, 2.24) is 4.98 Å². The van der Waals surface area contributed by atoms with Crippen molar-refractivity contribution in [2.75, 3.05) is 5.32 Å². The lowest BCUT2D eigenvalue weighted by molar-refractivity contribution is 0.566. The van der Waals surface area contributed by atoms with Gasteiger partial charge in [-0.1, -0.05) is 48.9 Å². The molecule has 0 aliphatic carbocycles. The highest BCUT2D eigenvalue weighted by Crippen LogP contribution is 2.35. The minimum absolute atomic E-state index is 0.0202. The molecule has 2 aromatic carbocycles. The third-order valence-electron chi connectivity index (χ3n) is 4.00. The Bertz CT molecular complexity index is 1000. The third kappa shape index (κ3) is 3.61. The lowest BCUT2D eigenvalue weighted by Crippen LogP contribution is -2.15. The molecule has 0 unspecified atom stereocenters. The topological polar surface area (TPSA) is 72.2 Å². The molecule has 0 fully saturated rings. The van der Waals surface area contributed by atoms with Gasteiger partial charge in [0, 0.05) is 6.04 Å². The summed E-state index contributed by atoms with van der Waals surface area (Å²) in [5.74, 6) is 0.286. The SMILES string of the molecule is CC[C@H](C)Nc1oc(-c2ccccc2Cl)nc1S(=O)(=O)c1ccccc1. The average molecular weight is 391 g/mol. The zero-order valence-corrected chi connectivity index (χ0v) is 16.0. The Morgan fingerprint density at radius 1 is 1.12 bits per heavy atom. The molecule has 0 saturated heterocycles. The molecular formula is C19H19ClN2O3S. The van der Waals surface area contributed by atoms with Crippen LogP contribution in [0.1, 0.15) is 20.3 Å². The van der Waals surface area contributed by atoms with Crippen molar-refractivity contribution in [1.29, 1.82) is 0 Å². The molecule has 3 rings (SSSR count). The molecule has 3 aromatic rings. The number of anilines is 1. The van der Waals surface area contributed by atoms with Crippen molar-refractivity contribution in [3.8, 4) is 11.5 Å². The van der Waals surface area contributed by atoms with E-state index < -0.39 is 9.84 Å². The highest BCUT2D eigenvalue weighted by molar-refractivity contribution is 7.91. The van der Waals surface area contributed by atoms with E-state index in [4.69, 9.17) is 16.0 Å². The number of benzene rings is 2. The maximum Gasteiger partial charge on any atom is 0.234 e. The number of oxazole rings is 1. The van der Waals surface area contributed by atoms with Crippen molar-refractivity contribution in [3.63, 3.8) is 0 Å². The number of sulfone groups is 1. The van der Waals surface area contributed by atoms with Gasteiger partial charge < -0.3 is 9.73 Å². The first-order chi connectivity index (χ1) is 12.4. The first kappa shape index (κ1) is 18.5. The van der Waals surface area contributed by atoms with Crippen LogP contribution in [0.3, 0.4) is 0 Å². The van der Waals surface area contributed by atoms with Crippen LogP contribution < -0.4 is 5.32 Å². The number of nitrogens with one attached hydrogen (secondary N) is 1. The fourth-order valence-corrected chi connectivity index (χ4v) is 3.87. The van der Waals surface area contributed by atoms with Gasteiger partial charge in [0.2, 0.25) is 26.6 Å². The average Bonchev–Trinajstić information content (AvgIpc) is 3.07. The van der Waals surface area contributed by atoms with Gasteiger partial charge in [-0.3, -0.25) is 0 Å². The van der Waals surface area contributed by atoms with Crippen molar-refractivity contribution < 1.29 is 12.8 Å². The van der Waals surface area contributed by atoms with Crippen LogP contribution in [-0.2, 0) is 9.84 Å². The zero-order chi connectivity index (χ0) is 18.7. The standard InChI is InChI=1S/C19H19ClN2O3S/c1-3-13(2)21-18-19(26(23,24)14-9-5-4-6-10-14)22-17(25-18)15-11-7-8-12-16(15)20/h4-13,21H,3H2,1-2H3/t13-/m0/s1. The van der Waals surface area contributed by atoms with Crippen LogP contribution in [0.15, 0.2) is 68.9 Å². The molecule has 136 valence electrons. The first-order valence-corrected chi connectivity index (χ1v) is 10.1. The molecule has 0 aliphatic heterocycles. The molecule has 1 atom stereocenters. The Morgan fingerprint density at radius 3 is 2.42 bits per heavy atom. The van der Waals surface area contributed by atoms with Gasteiger partial charge >= 0.3 is 0 Å². The molecule has 1 aromatic heterocycles. The van der Waals surface area contributed by atoms with Crippen LogP contribution in [0.4, 0.5) is 5.88 Å². The summed E-state index contributed by atoms with van der Waals surface area (Å²) in [6.45, 7) is 3.94. The molecule has 0 spiro atoms. The summed E-state index contributed by atoms with van der Waals surface area (Å²) in [5.41, 5.74) is 0.538. The van der Waals surface area contributed by atoms with E-state index in [0.717, 1.165) is 6.42 Å². The summed E-state index contributed by atoms with van der Waals surface area (Å²) < 4.78 is 31.9. The maximum absolute atomic E-state index is 13.1. The second-order valence-electron chi connectivity index (χ2n) is 5.90. The van der Waals surface area contributed by atoms with E-state index in [9.17, 15) is 8.42 Å². The molecule has 1 heterocycles. The van der Waals surface area contributed by atoms with Gasteiger partial charge in [-0.15, -0.1) is 0 Å². The smallest absolute Gasteiger partial charge is 0.234 e. The van der Waals surface area contributed by atoms with Crippen LogP contribution in [0.25, 0.3) is 11.5 Å². The van der Waals surface area contributed by atoms with Crippen LogP contribution in [-0.4, -0.2) is 19.4 Å². The van der Waals surface area contributed by atoms with E-state index in [1.165, 1.54) is 12.1 Å². The largest absolute Gasteiger partial charge is 0.419 e. The van der Waals surface area contributed by atoms with Gasteiger partial charge in [0.1, 0.15) is 0 Å². The fraction of sp³-hybridized carbons (Fsp3) is 0.211. The molecule has 26 heavy (non-hydrogen) atoms. The van der Waals surface area contributed by atoms with Crippen molar-refractivity contribution >= 4 is 27.3 Å². The van der Waals surface area contributed by atoms with Crippen molar-refractivity contribution in [3.05, 3.63) is 59.6 Å². The minimum atomic E-state index is -3.83. The number of hydrogen-bond donors (Lipinski definition) is 1. The minimum Gasteiger partial charge on any atom is -0.419 e. The lowest BCUT2D eigenvalue weighted by atomic mass is 10.2. The van der Waals surface area contributed by atoms with Crippen molar-refractivity contribution in [2.24, 2.45) is 0 Å². The summed E-state index contributed by atoms with van der Waals surface area (Å²) >= 11 is 6.21. The molecule has 0 aliphatic rings. The number of rotatable bonds is 6. The molecule has 0 saturated carbocycles. The molecule has 1 N–H and O–H groups in total. The van der Waals surface area contributed by atoms with Crippen molar-refractivity contribution in [2.45, 2.75) is 36.2 Å². The summed E-state index contributed by atoms with van der Waals surface area (Å²) in [4.78, 5) is 4.43. The Kier molecular flexibility index (Phi) is 5.34. The van der Waals surface area contributed by atoms with Gasteiger partial charge in [0.25, 0.3) is 0 Å². The van der Waals surface area contributed by atoms with E-state index in [0.29, 0.717) is 10.6 Å². The predicted molar refractivity (Wildman–Crippen MR) is 102 cm³/mol. The van der Waals surface area contributed by atoms with E-state index >= 15 is 0 Å². The highest BCUT2D eigenvalue weighted by atomic mass is 35.5. The zero-order valence-electron chi connectivity index (χ0n) is 14.4. The van der Waals surface area contributed by atoms with Gasteiger partial charge in [-0.2, -0.15) is 4.98 Å². The predicted octanol–water partition coefficient (Wildman–Crippen LogP) is 5.04. The van der Waals surface area contributed by atoms with Crippen LogP contribution in [0.5, 0.6) is 0 Å². The van der Waals surface area contributed by atoms with Gasteiger partial charge in [-0.25, -0.2) is 8.42 Å². The molecule has 0 bridgehead atoms. The maximum atomic E-state index is 13.1. The Morgan fingerprint density at radius 2 is 1.77 bits per heavy atom. The summed E-state index contributed by atoms with van der Waals surface area (Å²) in [5, 5.41) is 3.39. The molecule has 0 radical (unpaired) electrons. The fourth-order valence-electron chi connectivity index (χ4n) is 2.37. The normalized spacial score (nSPS) is 12.7. The van der Waals surface area contributed by atoms with Gasteiger partial charge in [-0.05, 0) is 37.6 Å². The Labute approximate surface area is 157 Å². The van der Waals surface area contributed by atoms with Crippen LogP contribution in [0, 0.1) is 0 Å². The molecule has 0 amide bonds. The molecule has 7 heteroatoms. The van der Waals surface area contributed by atoms with E-state index in [1.54, 1.807) is 42.5 Å². The van der Waals surface area contributed by atoms with E-state index in [1.807, 2.05) is 13.8 Å². The summed E-state index contributed by atoms with van der Waals surface area (Å²) in [7, 11) is -3.83. The van der Waals surface area contributed by atoms with E-state index in [2.05, 4.69) is 10.3 Å². The lowest BCUT2D eigenvalue weighted by Gasteiger charge is -2.11. The number of aromatic nitrogens is 1. The first-order valence-electron chi connectivity index (χ1n) is 8.26. The van der Waals surface area contributed by atoms with Gasteiger partial charge in [0.05, 0.1) is 15.5 Å². The molecule has 5 nitrogen and oxygen atoms in total. The third-order valence-corrected chi connectivity index (χ3v) is 6.01.